The number of rotatable bonds is 5. The summed E-state index contributed by atoms with van der Waals surface area (Å²) in [5, 5.41) is 15.3. The van der Waals surface area contributed by atoms with Gasteiger partial charge in [0.15, 0.2) is 0 Å². The standard InChI is InChI=1S/C14H19FN2O2.ClH/c15-14(7-9-16-10-14)13(19)17-8-6-12(18)11-4-2-1-3-5-11;/h1-5,12,16,18H,6-10H2,(H,17,19);1H. The molecule has 4 nitrogen and oxygen atoms in total. The zero-order valence-electron chi connectivity index (χ0n) is 11.1. The molecule has 2 atom stereocenters. The number of carbonyl (C=O) groups excluding carboxylic acids is 1. The first-order chi connectivity index (χ1) is 9.12. The molecule has 1 saturated heterocycles. The van der Waals surface area contributed by atoms with Gasteiger partial charge in [0.2, 0.25) is 5.67 Å². The van der Waals surface area contributed by atoms with Crippen LogP contribution in [0.3, 0.4) is 0 Å². The van der Waals surface area contributed by atoms with Crippen LogP contribution in [0, 0.1) is 0 Å². The number of hydrogen-bond donors (Lipinski definition) is 3. The molecule has 1 amide bonds. The number of benzene rings is 1. The predicted molar refractivity (Wildman–Crippen MR) is 77.6 cm³/mol. The van der Waals surface area contributed by atoms with Crippen molar-refractivity contribution in [1.82, 2.24) is 10.6 Å². The van der Waals surface area contributed by atoms with E-state index in [-0.39, 0.29) is 31.9 Å². The van der Waals surface area contributed by atoms with Crippen molar-refractivity contribution in [1.29, 1.82) is 0 Å². The lowest BCUT2D eigenvalue weighted by Crippen LogP contribution is -2.45. The van der Waals surface area contributed by atoms with E-state index in [1.807, 2.05) is 30.3 Å². The molecule has 2 unspecified atom stereocenters. The van der Waals surface area contributed by atoms with Gasteiger partial charge in [0.05, 0.1) is 6.10 Å². The van der Waals surface area contributed by atoms with Gasteiger partial charge in [-0.25, -0.2) is 4.39 Å². The van der Waals surface area contributed by atoms with Crippen molar-refractivity contribution >= 4 is 18.3 Å². The lowest BCUT2D eigenvalue weighted by atomic mass is 10.0. The summed E-state index contributed by atoms with van der Waals surface area (Å²) in [6.45, 7) is 0.858. The lowest BCUT2D eigenvalue weighted by Gasteiger charge is -2.18. The average Bonchev–Trinajstić information content (AvgIpc) is 2.88. The van der Waals surface area contributed by atoms with E-state index in [9.17, 15) is 14.3 Å². The van der Waals surface area contributed by atoms with Crippen LogP contribution in [0.5, 0.6) is 0 Å². The second-order valence-electron chi connectivity index (χ2n) is 4.86. The maximum Gasteiger partial charge on any atom is 0.259 e. The second-order valence-corrected chi connectivity index (χ2v) is 4.86. The molecule has 0 aromatic heterocycles. The van der Waals surface area contributed by atoms with E-state index >= 15 is 0 Å². The van der Waals surface area contributed by atoms with Gasteiger partial charge >= 0.3 is 0 Å². The number of alkyl halides is 1. The zero-order chi connectivity index (χ0) is 13.7. The highest BCUT2D eigenvalue weighted by Crippen LogP contribution is 2.20. The van der Waals surface area contributed by atoms with Gasteiger partial charge in [0, 0.05) is 19.5 Å². The summed E-state index contributed by atoms with van der Waals surface area (Å²) in [6.07, 6.45) is -0.0574. The summed E-state index contributed by atoms with van der Waals surface area (Å²) in [5.74, 6) is -0.585. The largest absolute Gasteiger partial charge is 0.388 e. The Hall–Kier alpha value is -1.17. The molecule has 1 aliphatic heterocycles. The average molecular weight is 303 g/mol. The summed E-state index contributed by atoms with van der Waals surface area (Å²) in [5.41, 5.74) is -0.994. The molecule has 0 spiro atoms. The van der Waals surface area contributed by atoms with Crippen molar-refractivity contribution in [2.45, 2.75) is 24.6 Å². The van der Waals surface area contributed by atoms with E-state index in [0.717, 1.165) is 5.56 Å². The molecule has 1 aromatic carbocycles. The Bertz CT molecular complexity index is 424. The minimum atomic E-state index is -1.79. The van der Waals surface area contributed by atoms with Crippen molar-refractivity contribution in [3.05, 3.63) is 35.9 Å². The molecule has 0 aliphatic carbocycles. The Morgan fingerprint density at radius 1 is 1.45 bits per heavy atom. The maximum absolute atomic E-state index is 14.0. The van der Waals surface area contributed by atoms with E-state index in [2.05, 4.69) is 10.6 Å². The number of amides is 1. The van der Waals surface area contributed by atoms with Crippen LogP contribution in [-0.4, -0.2) is 36.3 Å². The fourth-order valence-electron chi connectivity index (χ4n) is 2.18. The monoisotopic (exact) mass is 302 g/mol. The van der Waals surface area contributed by atoms with Crippen molar-refractivity contribution < 1.29 is 14.3 Å². The van der Waals surface area contributed by atoms with Crippen molar-refractivity contribution in [2.24, 2.45) is 0 Å². The van der Waals surface area contributed by atoms with Crippen LogP contribution in [0.25, 0.3) is 0 Å². The number of hydrogen-bond acceptors (Lipinski definition) is 3. The molecule has 1 aliphatic rings. The Kier molecular flexibility index (Phi) is 6.39. The van der Waals surface area contributed by atoms with E-state index in [0.29, 0.717) is 13.0 Å². The van der Waals surface area contributed by atoms with Crippen LogP contribution in [0.1, 0.15) is 24.5 Å². The summed E-state index contributed by atoms with van der Waals surface area (Å²) < 4.78 is 14.0. The van der Waals surface area contributed by atoms with E-state index in [4.69, 9.17) is 0 Å². The van der Waals surface area contributed by atoms with Gasteiger partial charge in [-0.15, -0.1) is 12.4 Å². The van der Waals surface area contributed by atoms with Gasteiger partial charge in [0.1, 0.15) is 0 Å². The predicted octanol–water partition coefficient (Wildman–Crippen LogP) is 1.35. The summed E-state index contributed by atoms with van der Waals surface area (Å²) in [6, 6.07) is 9.21. The zero-order valence-corrected chi connectivity index (χ0v) is 12.0. The molecule has 2 rings (SSSR count). The molecule has 6 heteroatoms. The van der Waals surface area contributed by atoms with Crippen LogP contribution >= 0.6 is 12.4 Å². The van der Waals surface area contributed by atoms with Crippen LogP contribution in [0.4, 0.5) is 4.39 Å². The van der Waals surface area contributed by atoms with Crippen molar-refractivity contribution in [3.8, 4) is 0 Å². The fourth-order valence-corrected chi connectivity index (χ4v) is 2.18. The van der Waals surface area contributed by atoms with E-state index in [1.54, 1.807) is 0 Å². The molecule has 20 heavy (non-hydrogen) atoms. The molecule has 0 saturated carbocycles. The first kappa shape index (κ1) is 16.9. The van der Waals surface area contributed by atoms with E-state index < -0.39 is 17.7 Å². The van der Waals surface area contributed by atoms with Crippen LogP contribution in [0.15, 0.2) is 30.3 Å². The lowest BCUT2D eigenvalue weighted by molar-refractivity contribution is -0.131. The minimum Gasteiger partial charge on any atom is -0.388 e. The smallest absolute Gasteiger partial charge is 0.259 e. The fraction of sp³-hybridized carbons (Fsp3) is 0.500. The Balaban J connectivity index is 0.00000200. The number of aliphatic hydroxyl groups excluding tert-OH is 1. The first-order valence-electron chi connectivity index (χ1n) is 6.53. The van der Waals surface area contributed by atoms with Gasteiger partial charge < -0.3 is 15.7 Å². The minimum absolute atomic E-state index is 0. The highest BCUT2D eigenvalue weighted by atomic mass is 35.5. The quantitative estimate of drug-likeness (QED) is 0.769. The number of aliphatic hydroxyl groups is 1. The van der Waals surface area contributed by atoms with Gasteiger partial charge in [-0.3, -0.25) is 4.79 Å². The van der Waals surface area contributed by atoms with E-state index in [1.165, 1.54) is 0 Å². The molecule has 3 N–H and O–H groups in total. The van der Waals surface area contributed by atoms with Gasteiger partial charge in [-0.1, -0.05) is 30.3 Å². The summed E-state index contributed by atoms with van der Waals surface area (Å²) in [7, 11) is 0. The second kappa shape index (κ2) is 7.57. The van der Waals surface area contributed by atoms with Gasteiger partial charge in [0.25, 0.3) is 5.91 Å². The van der Waals surface area contributed by atoms with Crippen LogP contribution in [0.2, 0.25) is 0 Å². The van der Waals surface area contributed by atoms with Gasteiger partial charge in [-0.05, 0) is 18.5 Å². The molecular formula is C14H20ClFN2O2. The third-order valence-electron chi connectivity index (χ3n) is 3.40. The molecular weight excluding hydrogens is 283 g/mol. The maximum atomic E-state index is 14.0. The summed E-state index contributed by atoms with van der Waals surface area (Å²) >= 11 is 0. The van der Waals surface area contributed by atoms with Crippen LogP contribution in [-0.2, 0) is 4.79 Å². The summed E-state index contributed by atoms with van der Waals surface area (Å²) in [4.78, 5) is 11.7. The van der Waals surface area contributed by atoms with Crippen molar-refractivity contribution in [3.63, 3.8) is 0 Å². The highest BCUT2D eigenvalue weighted by Gasteiger charge is 2.41. The first-order valence-corrected chi connectivity index (χ1v) is 6.53. The Morgan fingerprint density at radius 2 is 2.15 bits per heavy atom. The molecule has 1 fully saturated rings. The van der Waals surface area contributed by atoms with Gasteiger partial charge in [-0.2, -0.15) is 0 Å². The number of nitrogens with one attached hydrogen (secondary N) is 2. The molecule has 0 radical (unpaired) electrons. The van der Waals surface area contributed by atoms with Crippen LogP contribution < -0.4 is 10.6 Å². The Morgan fingerprint density at radius 3 is 2.75 bits per heavy atom. The third-order valence-corrected chi connectivity index (χ3v) is 3.40. The molecule has 112 valence electrons. The number of carbonyl (C=O) groups is 1. The molecule has 1 heterocycles. The third kappa shape index (κ3) is 4.16. The molecule has 0 bridgehead atoms. The van der Waals surface area contributed by atoms with Crippen molar-refractivity contribution in [2.75, 3.05) is 19.6 Å². The highest BCUT2D eigenvalue weighted by molar-refractivity contribution is 5.86. The normalized spacial score (nSPS) is 22.9. The topological polar surface area (TPSA) is 61.4 Å². The number of halogens is 2. The SMILES string of the molecule is Cl.O=C(NCCC(O)c1ccccc1)C1(F)CCNC1. The molecule has 1 aromatic rings. The Labute approximate surface area is 124 Å².